The number of carbonyl (C=O) groups is 1. The van der Waals surface area contributed by atoms with Gasteiger partial charge >= 0.3 is 12.1 Å². The van der Waals surface area contributed by atoms with Crippen molar-refractivity contribution in [2.75, 3.05) is 6.61 Å². The topological polar surface area (TPSA) is 46.5 Å². The molecule has 0 aliphatic carbocycles. The number of rotatable bonds is 8. The van der Waals surface area contributed by atoms with Crippen LogP contribution in [0.25, 0.3) is 16.7 Å². The van der Waals surface area contributed by atoms with Crippen molar-refractivity contribution < 1.29 is 27.8 Å². The van der Waals surface area contributed by atoms with E-state index in [1.54, 1.807) is 38.1 Å². The average Bonchev–Trinajstić information content (AvgIpc) is 2.85. The van der Waals surface area contributed by atoms with Crippen LogP contribution in [0.1, 0.15) is 31.9 Å². The van der Waals surface area contributed by atoms with Gasteiger partial charge in [0.1, 0.15) is 12.4 Å². The molecular formula is C29H25F3O3S. The van der Waals surface area contributed by atoms with E-state index >= 15 is 0 Å². The van der Waals surface area contributed by atoms with Gasteiger partial charge in [0.05, 0.1) is 5.56 Å². The first kappa shape index (κ1) is 27.0. The summed E-state index contributed by atoms with van der Waals surface area (Å²) in [6.45, 7) is 5.48. The Morgan fingerprint density at radius 2 is 1.53 bits per heavy atom. The molecule has 0 saturated carbocycles. The second-order valence-corrected chi connectivity index (χ2v) is 9.63. The summed E-state index contributed by atoms with van der Waals surface area (Å²) in [5.41, 5.74) is 2.85. The molecule has 0 fully saturated rings. The second-order valence-electron chi connectivity index (χ2n) is 8.14. The molecule has 186 valence electrons. The number of alkyl halides is 3. The van der Waals surface area contributed by atoms with E-state index in [1.165, 1.54) is 23.9 Å². The van der Waals surface area contributed by atoms with Gasteiger partial charge in [0, 0.05) is 4.90 Å². The van der Waals surface area contributed by atoms with E-state index in [1.807, 2.05) is 37.3 Å². The zero-order chi connectivity index (χ0) is 26.3. The zero-order valence-electron chi connectivity index (χ0n) is 20.0. The van der Waals surface area contributed by atoms with E-state index in [0.717, 1.165) is 33.7 Å². The number of hydrogen-bond donors (Lipinski definition) is 1. The smallest absolute Gasteiger partial charge is 0.416 e. The Kier molecular flexibility index (Phi) is 8.54. The number of carboxylic acid groups (broad SMARTS) is 1. The maximum Gasteiger partial charge on any atom is 0.416 e. The minimum atomic E-state index is -4.35. The van der Waals surface area contributed by atoms with Gasteiger partial charge in [-0.1, -0.05) is 54.1 Å². The molecule has 0 aromatic heterocycles. The summed E-state index contributed by atoms with van der Waals surface area (Å²) in [7, 11) is 0. The highest BCUT2D eigenvalue weighted by molar-refractivity contribution is 8.01. The number of carboxylic acids is 1. The summed E-state index contributed by atoms with van der Waals surface area (Å²) in [6.07, 6.45) is -2.41. The fraction of sp³-hybridized carbons (Fsp3) is 0.207. The monoisotopic (exact) mass is 510 g/mol. The molecular weight excluding hydrogens is 485 g/mol. The van der Waals surface area contributed by atoms with E-state index in [9.17, 15) is 23.1 Å². The van der Waals surface area contributed by atoms with Crippen LogP contribution in [-0.4, -0.2) is 22.4 Å². The summed E-state index contributed by atoms with van der Waals surface area (Å²) < 4.78 is 42.9. The van der Waals surface area contributed by atoms with Crippen molar-refractivity contribution in [2.45, 2.75) is 36.6 Å². The molecule has 0 amide bonds. The van der Waals surface area contributed by atoms with E-state index in [2.05, 4.69) is 11.8 Å². The Hall–Kier alpha value is -3.63. The Morgan fingerprint density at radius 1 is 0.972 bits per heavy atom. The predicted octanol–water partition coefficient (Wildman–Crippen LogP) is 7.81. The van der Waals surface area contributed by atoms with Crippen molar-refractivity contribution >= 4 is 23.3 Å². The van der Waals surface area contributed by atoms with E-state index < -0.39 is 22.5 Å². The van der Waals surface area contributed by atoms with Crippen LogP contribution in [0, 0.1) is 11.8 Å². The van der Waals surface area contributed by atoms with Gasteiger partial charge in [-0.25, -0.2) is 4.79 Å². The minimum Gasteiger partial charge on any atom is -0.490 e. The van der Waals surface area contributed by atoms with Crippen LogP contribution in [0.2, 0.25) is 0 Å². The van der Waals surface area contributed by atoms with Crippen LogP contribution < -0.4 is 4.74 Å². The number of halogens is 3. The van der Waals surface area contributed by atoms with E-state index in [4.69, 9.17) is 4.74 Å². The average molecular weight is 511 g/mol. The lowest BCUT2D eigenvalue weighted by atomic mass is 10.00. The molecule has 3 nitrogen and oxygen atoms in total. The number of benzene rings is 3. The van der Waals surface area contributed by atoms with Gasteiger partial charge in [0.15, 0.2) is 4.75 Å². The summed E-state index contributed by atoms with van der Waals surface area (Å²) in [4.78, 5) is 12.3. The lowest BCUT2D eigenvalue weighted by Crippen LogP contribution is -2.29. The van der Waals surface area contributed by atoms with Gasteiger partial charge in [0.25, 0.3) is 0 Å². The molecule has 0 unspecified atom stereocenters. The molecule has 3 aromatic carbocycles. The minimum absolute atomic E-state index is 0.340. The Balaban J connectivity index is 1.59. The first-order valence-electron chi connectivity index (χ1n) is 11.1. The fourth-order valence-electron chi connectivity index (χ4n) is 3.36. The lowest BCUT2D eigenvalue weighted by Gasteiger charge is -2.17. The van der Waals surface area contributed by atoms with Gasteiger partial charge < -0.3 is 9.84 Å². The van der Waals surface area contributed by atoms with Gasteiger partial charge in [-0.3, -0.25) is 0 Å². The summed E-state index contributed by atoms with van der Waals surface area (Å²) in [5, 5.41) is 9.46. The van der Waals surface area contributed by atoms with Crippen molar-refractivity contribution in [2.24, 2.45) is 0 Å². The first-order valence-corrected chi connectivity index (χ1v) is 11.9. The Morgan fingerprint density at radius 3 is 2.03 bits per heavy atom. The Bertz CT molecular complexity index is 1280. The molecule has 1 atom stereocenters. The third-order valence-corrected chi connectivity index (χ3v) is 6.64. The molecule has 0 bridgehead atoms. The van der Waals surface area contributed by atoms with Crippen LogP contribution in [0.4, 0.5) is 13.2 Å². The quantitative estimate of drug-likeness (QED) is 0.248. The van der Waals surface area contributed by atoms with Gasteiger partial charge in [-0.05, 0) is 85.5 Å². The third kappa shape index (κ3) is 6.96. The fourth-order valence-corrected chi connectivity index (χ4v) is 4.34. The maximum atomic E-state index is 12.8. The highest BCUT2D eigenvalue weighted by Crippen LogP contribution is 2.34. The van der Waals surface area contributed by atoms with Crippen molar-refractivity contribution in [3.8, 4) is 28.7 Å². The predicted molar refractivity (Wildman–Crippen MR) is 138 cm³/mol. The third-order valence-electron chi connectivity index (χ3n) is 5.44. The second kappa shape index (κ2) is 11.4. The molecule has 0 aliphatic heterocycles. The molecule has 0 heterocycles. The number of hydrogen-bond acceptors (Lipinski definition) is 3. The molecule has 0 spiro atoms. The van der Waals surface area contributed by atoms with Crippen LogP contribution in [0.15, 0.2) is 83.8 Å². The summed E-state index contributed by atoms with van der Waals surface area (Å²) in [6, 6.07) is 19.9. The van der Waals surface area contributed by atoms with Gasteiger partial charge in [-0.2, -0.15) is 13.2 Å². The summed E-state index contributed by atoms with van der Waals surface area (Å²) >= 11 is 1.17. The molecule has 7 heteroatoms. The Labute approximate surface area is 213 Å². The van der Waals surface area contributed by atoms with Crippen molar-refractivity contribution in [1.29, 1.82) is 0 Å². The number of aliphatic carboxylic acids is 1. The number of ether oxygens (including phenoxy) is 1. The van der Waals surface area contributed by atoms with Gasteiger partial charge in [-0.15, -0.1) is 5.92 Å². The largest absolute Gasteiger partial charge is 0.490 e. The van der Waals surface area contributed by atoms with Gasteiger partial charge in [0.2, 0.25) is 0 Å². The number of thioether (sulfide) groups is 1. The van der Waals surface area contributed by atoms with E-state index in [-0.39, 0.29) is 0 Å². The highest BCUT2D eigenvalue weighted by Gasteiger charge is 2.32. The van der Waals surface area contributed by atoms with Crippen LogP contribution in [0.3, 0.4) is 0 Å². The molecule has 1 N–H and O–H groups in total. The lowest BCUT2D eigenvalue weighted by molar-refractivity contribution is -0.138. The van der Waals surface area contributed by atoms with Crippen molar-refractivity contribution in [3.63, 3.8) is 0 Å². The normalized spacial score (nSPS) is 13.3. The molecule has 36 heavy (non-hydrogen) atoms. The molecule has 0 saturated heterocycles. The first-order chi connectivity index (χ1) is 17.0. The zero-order valence-corrected chi connectivity index (χ0v) is 20.8. The standard InChI is InChI=1S/C29H25F3O3S/c1-4-18-28(3,27(33)34)36-26-15-13-25(14-16-26)35-19-17-20(2)21-5-7-22(8-6-21)23-9-11-24(12-10-23)29(30,31)32/h5-17H,19H2,1-3H3,(H,33,34)/b20-17+/t28-/m0/s1. The van der Waals surface area contributed by atoms with Crippen molar-refractivity contribution in [1.82, 2.24) is 0 Å². The maximum absolute atomic E-state index is 12.8. The highest BCUT2D eigenvalue weighted by atomic mass is 32.2. The molecule has 3 aromatic rings. The van der Waals surface area contributed by atoms with Crippen LogP contribution in [0.5, 0.6) is 5.75 Å². The van der Waals surface area contributed by atoms with Crippen molar-refractivity contribution in [3.05, 3.63) is 90.0 Å². The number of allylic oxidation sites excluding steroid dienone is 1. The molecule has 3 rings (SSSR count). The van der Waals surface area contributed by atoms with E-state index in [0.29, 0.717) is 17.9 Å². The molecule has 0 aliphatic rings. The van der Waals surface area contributed by atoms with Crippen LogP contribution >= 0.6 is 11.8 Å². The molecule has 0 radical (unpaired) electrons. The SMILES string of the molecule is CC#C[C@](C)(Sc1ccc(OC/C=C(\C)c2ccc(-c3ccc(C(F)(F)F)cc3)cc2)cc1)C(=O)O. The van der Waals surface area contributed by atoms with Crippen LogP contribution in [-0.2, 0) is 11.0 Å². The summed E-state index contributed by atoms with van der Waals surface area (Å²) in [5.74, 6) is 5.07.